The van der Waals surface area contributed by atoms with Crippen LogP contribution < -0.4 is 16.4 Å². The van der Waals surface area contributed by atoms with Crippen molar-refractivity contribution >= 4 is 17.3 Å². The quantitative estimate of drug-likeness (QED) is 0.739. The van der Waals surface area contributed by atoms with Gasteiger partial charge in [-0.1, -0.05) is 37.3 Å². The molecule has 0 fully saturated rings. The number of nitrogen functional groups attached to an aromatic ring is 1. The van der Waals surface area contributed by atoms with Gasteiger partial charge in [0.05, 0.1) is 5.56 Å². The van der Waals surface area contributed by atoms with Crippen LogP contribution in [0.4, 0.5) is 11.4 Å². The number of nitrogens with two attached hydrogens (primary N) is 1. The van der Waals surface area contributed by atoms with Crippen LogP contribution in [-0.2, 0) is 0 Å². The maximum absolute atomic E-state index is 11.9. The molecule has 0 aliphatic rings. The minimum absolute atomic E-state index is 0.120. The van der Waals surface area contributed by atoms with Crippen molar-refractivity contribution < 1.29 is 4.79 Å². The van der Waals surface area contributed by atoms with Crippen LogP contribution in [0.15, 0.2) is 48.5 Å². The van der Waals surface area contributed by atoms with Crippen molar-refractivity contribution in [3.8, 4) is 0 Å². The summed E-state index contributed by atoms with van der Waals surface area (Å²) in [6, 6.07) is 15.5. The molecule has 0 aliphatic heterocycles. The molecule has 1 amide bonds. The molecule has 21 heavy (non-hydrogen) atoms. The maximum Gasteiger partial charge on any atom is 0.253 e. The van der Waals surface area contributed by atoms with Gasteiger partial charge < -0.3 is 16.4 Å². The van der Waals surface area contributed by atoms with Gasteiger partial charge in [-0.05, 0) is 29.7 Å². The summed E-state index contributed by atoms with van der Waals surface area (Å²) in [4.78, 5) is 11.9. The minimum atomic E-state index is -0.120. The number of anilines is 2. The number of carbonyl (C=O) groups is 1. The second kappa shape index (κ2) is 6.79. The molecule has 1 atom stereocenters. The van der Waals surface area contributed by atoms with E-state index in [1.807, 2.05) is 18.2 Å². The lowest BCUT2D eigenvalue weighted by Gasteiger charge is -2.16. The van der Waals surface area contributed by atoms with Gasteiger partial charge in [0.2, 0.25) is 0 Å². The van der Waals surface area contributed by atoms with Crippen LogP contribution in [0.5, 0.6) is 0 Å². The predicted molar refractivity (Wildman–Crippen MR) is 87.6 cm³/mol. The molecular weight excluding hydrogens is 262 g/mol. The van der Waals surface area contributed by atoms with Crippen molar-refractivity contribution in [3.63, 3.8) is 0 Å². The summed E-state index contributed by atoms with van der Waals surface area (Å²) in [6.45, 7) is 2.88. The summed E-state index contributed by atoms with van der Waals surface area (Å²) >= 11 is 0. The zero-order valence-corrected chi connectivity index (χ0v) is 12.4. The van der Waals surface area contributed by atoms with E-state index in [1.165, 1.54) is 5.56 Å². The number of carbonyl (C=O) groups excluding carboxylic acids is 1. The number of nitrogens with one attached hydrogen (secondary N) is 2. The first kappa shape index (κ1) is 14.9. The largest absolute Gasteiger partial charge is 0.399 e. The Morgan fingerprint density at radius 3 is 2.57 bits per heavy atom. The monoisotopic (exact) mass is 283 g/mol. The van der Waals surface area contributed by atoms with Crippen LogP contribution in [0.1, 0.15) is 28.8 Å². The van der Waals surface area contributed by atoms with E-state index in [9.17, 15) is 4.79 Å². The van der Waals surface area contributed by atoms with Crippen molar-refractivity contribution in [2.24, 2.45) is 0 Å². The van der Waals surface area contributed by atoms with Crippen LogP contribution >= 0.6 is 0 Å². The highest BCUT2D eigenvalue weighted by Crippen LogP contribution is 2.21. The molecule has 2 aromatic carbocycles. The molecule has 0 saturated carbocycles. The smallest absolute Gasteiger partial charge is 0.253 e. The third-order valence-corrected chi connectivity index (χ3v) is 3.48. The van der Waals surface area contributed by atoms with Crippen molar-refractivity contribution in [2.75, 3.05) is 24.6 Å². The highest BCUT2D eigenvalue weighted by Gasteiger charge is 2.11. The van der Waals surface area contributed by atoms with E-state index < -0.39 is 0 Å². The molecule has 0 bridgehead atoms. The van der Waals surface area contributed by atoms with E-state index in [2.05, 4.69) is 29.7 Å². The first-order valence-electron chi connectivity index (χ1n) is 7.02. The molecule has 4 heteroatoms. The van der Waals surface area contributed by atoms with Gasteiger partial charge >= 0.3 is 0 Å². The molecule has 0 saturated heterocycles. The van der Waals surface area contributed by atoms with Crippen LogP contribution in [0.2, 0.25) is 0 Å². The number of benzene rings is 2. The lowest BCUT2D eigenvalue weighted by atomic mass is 10.0. The van der Waals surface area contributed by atoms with E-state index in [4.69, 9.17) is 5.73 Å². The molecule has 1 unspecified atom stereocenters. The van der Waals surface area contributed by atoms with Crippen LogP contribution in [-0.4, -0.2) is 19.5 Å². The molecule has 110 valence electrons. The minimum Gasteiger partial charge on any atom is -0.399 e. The van der Waals surface area contributed by atoms with Gasteiger partial charge in [0.15, 0.2) is 0 Å². The summed E-state index contributed by atoms with van der Waals surface area (Å²) in [5, 5.41) is 5.97. The number of rotatable bonds is 5. The maximum atomic E-state index is 11.9. The normalized spacial score (nSPS) is 11.7. The molecule has 0 aromatic heterocycles. The zero-order chi connectivity index (χ0) is 15.2. The van der Waals surface area contributed by atoms with Crippen molar-refractivity contribution in [1.82, 2.24) is 5.32 Å². The Labute approximate surface area is 125 Å². The Bertz CT molecular complexity index is 611. The molecule has 2 rings (SSSR count). The number of hydrogen-bond acceptors (Lipinski definition) is 3. The van der Waals surface area contributed by atoms with E-state index in [0.29, 0.717) is 17.2 Å². The van der Waals surface area contributed by atoms with Gasteiger partial charge in [-0.2, -0.15) is 0 Å². The van der Waals surface area contributed by atoms with Gasteiger partial charge in [-0.3, -0.25) is 4.79 Å². The summed E-state index contributed by atoms with van der Waals surface area (Å²) in [5.74, 6) is 0.218. The lowest BCUT2D eigenvalue weighted by Crippen LogP contribution is -2.20. The van der Waals surface area contributed by atoms with Gasteiger partial charge in [0.25, 0.3) is 5.91 Å². The second-order valence-corrected chi connectivity index (χ2v) is 5.08. The van der Waals surface area contributed by atoms with Crippen molar-refractivity contribution in [3.05, 3.63) is 59.7 Å². The Morgan fingerprint density at radius 2 is 1.90 bits per heavy atom. The van der Waals surface area contributed by atoms with E-state index in [0.717, 1.165) is 12.2 Å². The summed E-state index contributed by atoms with van der Waals surface area (Å²) in [7, 11) is 1.62. The van der Waals surface area contributed by atoms with Gasteiger partial charge in [0.1, 0.15) is 0 Å². The van der Waals surface area contributed by atoms with Crippen molar-refractivity contribution in [2.45, 2.75) is 12.8 Å². The fourth-order valence-corrected chi connectivity index (χ4v) is 2.20. The van der Waals surface area contributed by atoms with Gasteiger partial charge in [-0.15, -0.1) is 0 Å². The molecule has 0 radical (unpaired) electrons. The predicted octanol–water partition coefficient (Wildman–Crippen LogP) is 2.84. The van der Waals surface area contributed by atoms with E-state index in [-0.39, 0.29) is 5.91 Å². The molecule has 0 heterocycles. The van der Waals surface area contributed by atoms with Crippen LogP contribution in [0.25, 0.3) is 0 Å². The van der Waals surface area contributed by atoms with Crippen LogP contribution in [0, 0.1) is 0 Å². The van der Waals surface area contributed by atoms with Crippen molar-refractivity contribution in [1.29, 1.82) is 0 Å². The molecule has 0 spiro atoms. The highest BCUT2D eigenvalue weighted by atomic mass is 16.1. The first-order chi connectivity index (χ1) is 10.1. The Hall–Kier alpha value is -2.49. The third kappa shape index (κ3) is 3.75. The molecule has 4 nitrogen and oxygen atoms in total. The standard InChI is InChI=1S/C17H21N3O/c1-12(13-6-4-3-5-7-13)11-20-16-10-14(18)8-9-15(16)17(21)19-2/h3-10,12,20H,11,18H2,1-2H3,(H,19,21). The van der Waals surface area contributed by atoms with E-state index >= 15 is 0 Å². The fourth-order valence-electron chi connectivity index (χ4n) is 2.20. The number of amides is 1. The third-order valence-electron chi connectivity index (χ3n) is 3.48. The summed E-state index contributed by atoms with van der Waals surface area (Å²) in [6.07, 6.45) is 0. The van der Waals surface area contributed by atoms with Crippen LogP contribution in [0.3, 0.4) is 0 Å². The average molecular weight is 283 g/mol. The Kier molecular flexibility index (Phi) is 4.82. The molecular formula is C17H21N3O. The molecule has 4 N–H and O–H groups in total. The zero-order valence-electron chi connectivity index (χ0n) is 12.4. The van der Waals surface area contributed by atoms with Gasteiger partial charge in [0, 0.05) is 25.0 Å². The van der Waals surface area contributed by atoms with E-state index in [1.54, 1.807) is 25.2 Å². The Morgan fingerprint density at radius 1 is 1.19 bits per heavy atom. The second-order valence-electron chi connectivity index (χ2n) is 5.08. The lowest BCUT2D eigenvalue weighted by molar-refractivity contribution is 0.0964. The molecule has 2 aromatic rings. The topological polar surface area (TPSA) is 67.2 Å². The summed E-state index contributed by atoms with van der Waals surface area (Å²) in [5.41, 5.74) is 9.08. The first-order valence-corrected chi connectivity index (χ1v) is 7.02. The highest BCUT2D eigenvalue weighted by molar-refractivity contribution is 6.00. The van der Waals surface area contributed by atoms with Gasteiger partial charge in [-0.25, -0.2) is 0 Å². The fraction of sp³-hybridized carbons (Fsp3) is 0.235. The summed E-state index contributed by atoms with van der Waals surface area (Å²) < 4.78 is 0. The Balaban J connectivity index is 2.12. The number of hydrogen-bond donors (Lipinski definition) is 3. The SMILES string of the molecule is CNC(=O)c1ccc(N)cc1NCC(C)c1ccccc1. The average Bonchev–Trinajstić information content (AvgIpc) is 2.52. The molecule has 0 aliphatic carbocycles.